The highest BCUT2D eigenvalue weighted by atomic mass is 16.5. The van der Waals surface area contributed by atoms with Crippen molar-refractivity contribution in [3.8, 4) is 0 Å². The van der Waals surface area contributed by atoms with Crippen LogP contribution in [-0.4, -0.2) is 31.2 Å². The van der Waals surface area contributed by atoms with Gasteiger partial charge in [-0.3, -0.25) is 4.79 Å². The lowest BCUT2D eigenvalue weighted by atomic mass is 9.78. The Morgan fingerprint density at radius 2 is 2.10 bits per heavy atom. The molecule has 0 aromatic heterocycles. The summed E-state index contributed by atoms with van der Waals surface area (Å²) >= 11 is 0. The predicted molar refractivity (Wildman–Crippen MR) is 82.4 cm³/mol. The lowest BCUT2D eigenvalue weighted by Crippen LogP contribution is -2.49. The molecule has 4 atom stereocenters. The Labute approximate surface area is 123 Å². The molecule has 1 aliphatic rings. The van der Waals surface area contributed by atoms with E-state index in [1.165, 1.54) is 0 Å². The van der Waals surface area contributed by atoms with Gasteiger partial charge in [0, 0.05) is 19.1 Å². The summed E-state index contributed by atoms with van der Waals surface area (Å²) in [6, 6.07) is -0.405. The molecule has 0 radical (unpaired) electrons. The summed E-state index contributed by atoms with van der Waals surface area (Å²) in [5.41, 5.74) is 6.07. The average molecular weight is 284 g/mol. The Hall–Kier alpha value is -0.610. The van der Waals surface area contributed by atoms with Gasteiger partial charge >= 0.3 is 0 Å². The van der Waals surface area contributed by atoms with Crippen molar-refractivity contribution in [3.63, 3.8) is 0 Å². The van der Waals surface area contributed by atoms with Crippen LogP contribution < -0.4 is 11.1 Å². The standard InChI is InChI=1S/C16H32N2O2/c1-6-11(2)13(17)15(19)18-10-12-8-7-9-20-14(12)16(3,4)5/h11-14H,6-10,17H2,1-5H3,(H,18,19). The van der Waals surface area contributed by atoms with Gasteiger partial charge in [0.15, 0.2) is 0 Å². The van der Waals surface area contributed by atoms with Crippen molar-refractivity contribution in [2.24, 2.45) is 23.0 Å². The summed E-state index contributed by atoms with van der Waals surface area (Å²) < 4.78 is 5.93. The van der Waals surface area contributed by atoms with Gasteiger partial charge in [0.2, 0.25) is 5.91 Å². The van der Waals surface area contributed by atoms with Crippen LogP contribution in [0.5, 0.6) is 0 Å². The number of carbonyl (C=O) groups excluding carboxylic acids is 1. The molecule has 118 valence electrons. The summed E-state index contributed by atoms with van der Waals surface area (Å²) in [4.78, 5) is 12.1. The number of carbonyl (C=O) groups is 1. The molecule has 1 amide bonds. The number of ether oxygens (including phenoxy) is 1. The van der Waals surface area contributed by atoms with Gasteiger partial charge in [-0.15, -0.1) is 0 Å². The molecule has 1 saturated heterocycles. The first kappa shape index (κ1) is 17.4. The molecular weight excluding hydrogens is 252 g/mol. The highest BCUT2D eigenvalue weighted by Crippen LogP contribution is 2.33. The van der Waals surface area contributed by atoms with Gasteiger partial charge < -0.3 is 15.8 Å². The van der Waals surface area contributed by atoms with E-state index in [0.29, 0.717) is 12.5 Å². The smallest absolute Gasteiger partial charge is 0.237 e. The Bertz CT molecular complexity index is 312. The van der Waals surface area contributed by atoms with Crippen molar-refractivity contribution >= 4 is 5.91 Å². The molecule has 4 nitrogen and oxygen atoms in total. The van der Waals surface area contributed by atoms with Crippen LogP contribution in [0.3, 0.4) is 0 Å². The van der Waals surface area contributed by atoms with Gasteiger partial charge in [0.1, 0.15) is 0 Å². The van der Waals surface area contributed by atoms with Crippen molar-refractivity contribution in [2.75, 3.05) is 13.2 Å². The highest BCUT2D eigenvalue weighted by Gasteiger charge is 2.35. The van der Waals surface area contributed by atoms with Gasteiger partial charge in [-0.1, -0.05) is 41.0 Å². The largest absolute Gasteiger partial charge is 0.377 e. The van der Waals surface area contributed by atoms with Crippen molar-refractivity contribution in [1.82, 2.24) is 5.32 Å². The monoisotopic (exact) mass is 284 g/mol. The number of rotatable bonds is 5. The third-order valence-electron chi connectivity index (χ3n) is 4.40. The molecule has 1 aliphatic heterocycles. The van der Waals surface area contributed by atoms with E-state index in [1.54, 1.807) is 0 Å². The van der Waals surface area contributed by atoms with Crippen LogP contribution in [-0.2, 0) is 9.53 Å². The molecule has 0 aliphatic carbocycles. The first-order valence-electron chi connectivity index (χ1n) is 7.92. The molecule has 0 aromatic rings. The van der Waals surface area contributed by atoms with E-state index in [4.69, 9.17) is 10.5 Å². The van der Waals surface area contributed by atoms with E-state index in [1.807, 2.05) is 6.92 Å². The van der Waals surface area contributed by atoms with E-state index in [0.717, 1.165) is 25.9 Å². The second-order valence-electron chi connectivity index (χ2n) is 7.22. The lowest BCUT2D eigenvalue weighted by molar-refractivity contribution is -0.125. The van der Waals surface area contributed by atoms with Gasteiger partial charge in [0.25, 0.3) is 0 Å². The van der Waals surface area contributed by atoms with Crippen LogP contribution in [0.25, 0.3) is 0 Å². The molecule has 1 fully saturated rings. The van der Waals surface area contributed by atoms with Crippen molar-refractivity contribution < 1.29 is 9.53 Å². The summed E-state index contributed by atoms with van der Waals surface area (Å²) in [5, 5.41) is 3.03. The normalized spacial score (nSPS) is 26.9. The number of hydrogen-bond acceptors (Lipinski definition) is 3. The fourth-order valence-electron chi connectivity index (χ4n) is 2.87. The molecule has 3 N–H and O–H groups in total. The number of nitrogens with two attached hydrogens (primary N) is 1. The molecule has 4 heteroatoms. The van der Waals surface area contributed by atoms with Crippen molar-refractivity contribution in [1.29, 1.82) is 0 Å². The molecule has 0 bridgehead atoms. The Balaban J connectivity index is 2.52. The van der Waals surface area contributed by atoms with Crippen LogP contribution in [0.1, 0.15) is 53.9 Å². The Morgan fingerprint density at radius 1 is 1.45 bits per heavy atom. The predicted octanol–water partition coefficient (Wildman–Crippen LogP) is 2.32. The Morgan fingerprint density at radius 3 is 2.65 bits per heavy atom. The minimum atomic E-state index is -0.405. The molecular formula is C16H32N2O2. The second-order valence-corrected chi connectivity index (χ2v) is 7.22. The molecule has 1 rings (SSSR count). The molecule has 1 heterocycles. The minimum absolute atomic E-state index is 0.0300. The summed E-state index contributed by atoms with van der Waals surface area (Å²) in [6.45, 7) is 12.2. The van der Waals surface area contributed by atoms with Crippen molar-refractivity contribution in [3.05, 3.63) is 0 Å². The average Bonchev–Trinajstić information content (AvgIpc) is 2.42. The number of hydrogen-bond donors (Lipinski definition) is 2. The van der Waals surface area contributed by atoms with Crippen LogP contribution in [0.2, 0.25) is 0 Å². The minimum Gasteiger partial charge on any atom is -0.377 e. The van der Waals surface area contributed by atoms with Gasteiger partial charge in [-0.05, 0) is 24.2 Å². The zero-order valence-electron chi connectivity index (χ0n) is 13.7. The van der Waals surface area contributed by atoms with Gasteiger partial charge in [0.05, 0.1) is 12.1 Å². The topological polar surface area (TPSA) is 64.4 Å². The van der Waals surface area contributed by atoms with Crippen LogP contribution in [0.4, 0.5) is 0 Å². The summed E-state index contributed by atoms with van der Waals surface area (Å²) in [5.74, 6) is 0.574. The number of nitrogens with one attached hydrogen (secondary N) is 1. The lowest BCUT2D eigenvalue weighted by Gasteiger charge is -2.40. The first-order chi connectivity index (χ1) is 9.27. The van der Waals surface area contributed by atoms with E-state index in [2.05, 4.69) is 33.0 Å². The van der Waals surface area contributed by atoms with E-state index in [9.17, 15) is 4.79 Å². The zero-order valence-corrected chi connectivity index (χ0v) is 13.7. The van der Waals surface area contributed by atoms with Gasteiger partial charge in [-0.25, -0.2) is 0 Å². The summed E-state index contributed by atoms with van der Waals surface area (Å²) in [7, 11) is 0. The SMILES string of the molecule is CCC(C)C(N)C(=O)NCC1CCCOC1C(C)(C)C. The molecule has 0 spiro atoms. The highest BCUT2D eigenvalue weighted by molar-refractivity contribution is 5.81. The van der Waals surface area contributed by atoms with Crippen LogP contribution >= 0.6 is 0 Å². The van der Waals surface area contributed by atoms with E-state index >= 15 is 0 Å². The fourth-order valence-corrected chi connectivity index (χ4v) is 2.87. The number of amides is 1. The van der Waals surface area contributed by atoms with Crippen LogP contribution in [0.15, 0.2) is 0 Å². The fraction of sp³-hybridized carbons (Fsp3) is 0.938. The third kappa shape index (κ3) is 4.74. The van der Waals surface area contributed by atoms with Gasteiger partial charge in [-0.2, -0.15) is 0 Å². The Kier molecular flexibility index (Phi) is 6.46. The third-order valence-corrected chi connectivity index (χ3v) is 4.40. The van der Waals surface area contributed by atoms with E-state index in [-0.39, 0.29) is 23.3 Å². The summed E-state index contributed by atoms with van der Waals surface area (Å²) in [6.07, 6.45) is 3.31. The molecule has 0 aromatic carbocycles. The zero-order chi connectivity index (χ0) is 15.3. The maximum absolute atomic E-state index is 12.1. The molecule has 4 unspecified atom stereocenters. The van der Waals surface area contributed by atoms with Crippen molar-refractivity contribution in [2.45, 2.75) is 66.0 Å². The quantitative estimate of drug-likeness (QED) is 0.814. The maximum atomic E-state index is 12.1. The second kappa shape index (κ2) is 7.41. The molecule has 0 saturated carbocycles. The maximum Gasteiger partial charge on any atom is 0.237 e. The van der Waals surface area contributed by atoms with Crippen LogP contribution in [0, 0.1) is 17.3 Å². The molecule has 20 heavy (non-hydrogen) atoms. The first-order valence-corrected chi connectivity index (χ1v) is 7.92. The van der Waals surface area contributed by atoms with E-state index < -0.39 is 6.04 Å².